The molecule has 0 aliphatic carbocycles. The molecule has 0 spiro atoms. The van der Waals surface area contributed by atoms with Crippen LogP contribution in [0.2, 0.25) is 0 Å². The van der Waals surface area contributed by atoms with Gasteiger partial charge in [0.15, 0.2) is 11.5 Å². The van der Waals surface area contributed by atoms with Crippen molar-refractivity contribution in [2.45, 2.75) is 39.3 Å². The number of likely N-dealkylation sites (tertiary alicyclic amines) is 1. The van der Waals surface area contributed by atoms with Gasteiger partial charge in [-0.05, 0) is 49.0 Å². The number of hydrogen-bond acceptors (Lipinski definition) is 6. The number of β-amino-alcohol motifs (C(OH)–C–C–N with tert-alkyl or cyclic N) is 1. The molecule has 6 heteroatoms. The number of nitrogens with zero attached hydrogens (tertiary/aromatic N) is 2. The highest BCUT2D eigenvalue weighted by molar-refractivity contribution is 5.43. The molecule has 0 aromatic heterocycles. The van der Waals surface area contributed by atoms with Crippen LogP contribution >= 0.6 is 0 Å². The van der Waals surface area contributed by atoms with Crippen LogP contribution < -0.4 is 9.47 Å². The van der Waals surface area contributed by atoms with Gasteiger partial charge in [0, 0.05) is 26.2 Å². The fraction of sp³-hybridized carbons (Fsp3) is 0.727. The van der Waals surface area contributed by atoms with E-state index in [0.29, 0.717) is 17.7 Å². The molecule has 2 heterocycles. The molecule has 1 aromatic carbocycles. The molecule has 1 N–H and O–H groups in total. The third-order valence-electron chi connectivity index (χ3n) is 5.85. The van der Waals surface area contributed by atoms with Gasteiger partial charge in [0.2, 0.25) is 0 Å². The van der Waals surface area contributed by atoms with Crippen molar-refractivity contribution in [1.82, 2.24) is 9.80 Å². The summed E-state index contributed by atoms with van der Waals surface area (Å²) in [4.78, 5) is 4.71. The lowest BCUT2D eigenvalue weighted by Crippen LogP contribution is -2.42. The fourth-order valence-electron chi connectivity index (χ4n) is 3.82. The summed E-state index contributed by atoms with van der Waals surface area (Å²) in [7, 11) is 1.67. The minimum absolute atomic E-state index is 0.258. The number of rotatable bonds is 8. The highest BCUT2D eigenvalue weighted by atomic mass is 16.5. The van der Waals surface area contributed by atoms with Gasteiger partial charge in [-0.3, -0.25) is 9.80 Å². The van der Waals surface area contributed by atoms with E-state index in [1.54, 1.807) is 7.11 Å². The van der Waals surface area contributed by atoms with E-state index in [4.69, 9.17) is 14.2 Å². The first kappa shape index (κ1) is 21.4. The molecule has 158 valence electrons. The van der Waals surface area contributed by atoms with Crippen LogP contribution in [0.5, 0.6) is 11.5 Å². The summed E-state index contributed by atoms with van der Waals surface area (Å²) in [5, 5.41) is 10.3. The van der Waals surface area contributed by atoms with E-state index in [0.717, 1.165) is 51.7 Å². The maximum atomic E-state index is 10.3. The van der Waals surface area contributed by atoms with Gasteiger partial charge in [-0.1, -0.05) is 19.9 Å². The second-order valence-electron chi connectivity index (χ2n) is 8.80. The van der Waals surface area contributed by atoms with E-state index in [1.807, 2.05) is 6.07 Å². The third-order valence-corrected chi connectivity index (χ3v) is 5.85. The van der Waals surface area contributed by atoms with Crippen molar-refractivity contribution in [2.24, 2.45) is 5.41 Å². The number of methoxy groups -OCH3 is 1. The standard InChI is InChI=1S/C22H36N2O4/c1-22(2)6-8-23(9-7-22)15-18-4-5-20(21(14-18)26-3)28-17-19(25)16-24-10-12-27-13-11-24/h4-5,14,19,25H,6-13,15-17H2,1-3H3. The van der Waals surface area contributed by atoms with Crippen LogP contribution in [0.4, 0.5) is 0 Å². The monoisotopic (exact) mass is 392 g/mol. The largest absolute Gasteiger partial charge is 0.493 e. The Morgan fingerprint density at radius 2 is 1.79 bits per heavy atom. The molecule has 3 rings (SSSR count). The number of aliphatic hydroxyl groups is 1. The Morgan fingerprint density at radius 3 is 2.46 bits per heavy atom. The van der Waals surface area contributed by atoms with Crippen LogP contribution in [0, 0.1) is 5.41 Å². The molecular weight excluding hydrogens is 356 g/mol. The van der Waals surface area contributed by atoms with Crippen molar-refractivity contribution >= 4 is 0 Å². The highest BCUT2D eigenvalue weighted by Crippen LogP contribution is 2.32. The molecule has 0 saturated carbocycles. The van der Waals surface area contributed by atoms with E-state index < -0.39 is 6.10 Å². The molecule has 0 amide bonds. The number of morpholine rings is 1. The SMILES string of the molecule is COc1cc(CN2CCC(C)(C)CC2)ccc1OCC(O)CN1CCOCC1. The molecule has 1 aromatic rings. The van der Waals surface area contributed by atoms with E-state index in [2.05, 4.69) is 35.8 Å². The van der Waals surface area contributed by atoms with Gasteiger partial charge in [0.1, 0.15) is 12.7 Å². The van der Waals surface area contributed by atoms with Crippen molar-refractivity contribution in [1.29, 1.82) is 0 Å². The smallest absolute Gasteiger partial charge is 0.161 e. The van der Waals surface area contributed by atoms with Crippen molar-refractivity contribution in [2.75, 3.05) is 59.7 Å². The van der Waals surface area contributed by atoms with Gasteiger partial charge in [0.25, 0.3) is 0 Å². The average molecular weight is 393 g/mol. The first-order chi connectivity index (χ1) is 13.4. The molecule has 0 bridgehead atoms. The Labute approximate surface area is 169 Å². The van der Waals surface area contributed by atoms with Crippen molar-refractivity contribution < 1.29 is 19.3 Å². The lowest BCUT2D eigenvalue weighted by Gasteiger charge is -2.37. The number of benzene rings is 1. The zero-order chi connectivity index (χ0) is 20.0. The topological polar surface area (TPSA) is 54.4 Å². The molecule has 2 saturated heterocycles. The second kappa shape index (κ2) is 9.92. The minimum atomic E-state index is -0.529. The van der Waals surface area contributed by atoms with Gasteiger partial charge in [-0.15, -0.1) is 0 Å². The van der Waals surface area contributed by atoms with Gasteiger partial charge in [-0.25, -0.2) is 0 Å². The summed E-state index contributed by atoms with van der Waals surface area (Å²) in [6.45, 7) is 12.0. The Morgan fingerprint density at radius 1 is 1.07 bits per heavy atom. The van der Waals surface area contributed by atoms with Crippen molar-refractivity contribution in [3.8, 4) is 11.5 Å². The Balaban J connectivity index is 1.49. The molecule has 1 unspecified atom stereocenters. The fourth-order valence-corrected chi connectivity index (χ4v) is 3.82. The Hall–Kier alpha value is -1.34. The number of aliphatic hydroxyl groups excluding tert-OH is 1. The summed E-state index contributed by atoms with van der Waals surface area (Å²) < 4.78 is 16.7. The van der Waals surface area contributed by atoms with Crippen LogP contribution in [0.1, 0.15) is 32.3 Å². The summed E-state index contributed by atoms with van der Waals surface area (Å²) in [5.74, 6) is 1.42. The maximum Gasteiger partial charge on any atom is 0.161 e. The molecular formula is C22H36N2O4. The summed E-state index contributed by atoms with van der Waals surface area (Å²) in [5.41, 5.74) is 1.70. The average Bonchev–Trinajstić information content (AvgIpc) is 2.69. The van der Waals surface area contributed by atoms with Crippen LogP contribution in [-0.2, 0) is 11.3 Å². The molecule has 0 radical (unpaired) electrons. The zero-order valence-corrected chi connectivity index (χ0v) is 17.7. The Bertz CT molecular complexity index is 607. The minimum Gasteiger partial charge on any atom is -0.493 e. The van der Waals surface area contributed by atoms with E-state index in [1.165, 1.54) is 18.4 Å². The predicted molar refractivity (Wildman–Crippen MR) is 110 cm³/mol. The van der Waals surface area contributed by atoms with E-state index in [-0.39, 0.29) is 6.61 Å². The molecule has 6 nitrogen and oxygen atoms in total. The van der Waals surface area contributed by atoms with Crippen LogP contribution in [0.15, 0.2) is 18.2 Å². The van der Waals surface area contributed by atoms with Crippen molar-refractivity contribution in [3.63, 3.8) is 0 Å². The van der Waals surface area contributed by atoms with E-state index >= 15 is 0 Å². The molecule has 2 aliphatic rings. The lowest BCUT2D eigenvalue weighted by atomic mass is 9.82. The lowest BCUT2D eigenvalue weighted by molar-refractivity contribution is 0.00445. The first-order valence-electron chi connectivity index (χ1n) is 10.5. The van der Waals surface area contributed by atoms with E-state index in [9.17, 15) is 5.11 Å². The van der Waals surface area contributed by atoms with Gasteiger partial charge < -0.3 is 19.3 Å². The number of piperidine rings is 1. The van der Waals surface area contributed by atoms with Gasteiger partial charge in [-0.2, -0.15) is 0 Å². The van der Waals surface area contributed by atoms with Crippen LogP contribution in [0.3, 0.4) is 0 Å². The number of hydrogen-bond donors (Lipinski definition) is 1. The molecule has 28 heavy (non-hydrogen) atoms. The van der Waals surface area contributed by atoms with Crippen molar-refractivity contribution in [3.05, 3.63) is 23.8 Å². The van der Waals surface area contributed by atoms with Gasteiger partial charge >= 0.3 is 0 Å². The number of ether oxygens (including phenoxy) is 3. The molecule has 2 aliphatic heterocycles. The summed E-state index contributed by atoms with van der Waals surface area (Å²) in [6, 6.07) is 6.12. The van der Waals surface area contributed by atoms with Crippen LogP contribution in [0.25, 0.3) is 0 Å². The summed E-state index contributed by atoms with van der Waals surface area (Å²) >= 11 is 0. The quantitative estimate of drug-likeness (QED) is 0.733. The zero-order valence-electron chi connectivity index (χ0n) is 17.7. The highest BCUT2D eigenvalue weighted by Gasteiger charge is 2.25. The van der Waals surface area contributed by atoms with Crippen LogP contribution in [-0.4, -0.2) is 80.7 Å². The maximum absolute atomic E-state index is 10.3. The molecule has 2 fully saturated rings. The molecule has 1 atom stereocenters. The Kier molecular flexibility index (Phi) is 7.57. The predicted octanol–water partition coefficient (Wildman–Crippen LogP) is 2.39. The van der Waals surface area contributed by atoms with Gasteiger partial charge in [0.05, 0.1) is 20.3 Å². The normalized spacial score (nSPS) is 22.0. The second-order valence-corrected chi connectivity index (χ2v) is 8.80. The first-order valence-corrected chi connectivity index (χ1v) is 10.5. The summed E-state index contributed by atoms with van der Waals surface area (Å²) in [6.07, 6.45) is 1.96. The third kappa shape index (κ3) is 6.34.